The smallest absolute Gasteiger partial charge is 0.409 e. The summed E-state index contributed by atoms with van der Waals surface area (Å²) in [6.07, 6.45) is -1.19. The van der Waals surface area contributed by atoms with E-state index in [9.17, 15) is 33.9 Å². The Labute approximate surface area is 222 Å². The Morgan fingerprint density at radius 3 is 2.10 bits per heavy atom. The van der Waals surface area contributed by atoms with Gasteiger partial charge in [-0.05, 0) is 30.5 Å². The quantitative estimate of drug-likeness (QED) is 0.0541. The van der Waals surface area contributed by atoms with Crippen molar-refractivity contribution in [1.29, 1.82) is 5.41 Å². The number of aliphatic carboxylic acids is 1. The van der Waals surface area contributed by atoms with E-state index in [2.05, 4.69) is 21.3 Å². The van der Waals surface area contributed by atoms with Crippen molar-refractivity contribution in [3.63, 3.8) is 0 Å². The number of primary amides is 2. The van der Waals surface area contributed by atoms with Crippen molar-refractivity contribution in [3.8, 4) is 5.75 Å². The maximum Gasteiger partial charge on any atom is 0.409 e. The minimum absolute atomic E-state index is 0.129. The first kappa shape index (κ1) is 32.1. The fourth-order valence-electron chi connectivity index (χ4n) is 3.15. The number of carbonyl (C=O) groups is 6. The molecular formula is C22H33N9O8. The number of rotatable bonds is 16. The van der Waals surface area contributed by atoms with Crippen molar-refractivity contribution in [1.82, 2.24) is 21.3 Å². The topological polar surface area (TPSA) is 308 Å². The van der Waals surface area contributed by atoms with Crippen molar-refractivity contribution in [3.05, 3.63) is 29.8 Å². The highest BCUT2D eigenvalue weighted by Gasteiger charge is 2.28. The highest BCUT2D eigenvalue weighted by atomic mass is 16.5. The van der Waals surface area contributed by atoms with Crippen LogP contribution in [0.4, 0.5) is 4.79 Å². The Hall–Kier alpha value is -4.93. The van der Waals surface area contributed by atoms with Crippen LogP contribution in [0.25, 0.3) is 0 Å². The molecule has 17 nitrogen and oxygen atoms in total. The second kappa shape index (κ2) is 16.0. The zero-order valence-corrected chi connectivity index (χ0v) is 20.9. The minimum Gasteiger partial charge on any atom is -0.480 e. The average molecular weight is 552 g/mol. The van der Waals surface area contributed by atoms with Crippen LogP contribution >= 0.6 is 0 Å². The third-order valence-corrected chi connectivity index (χ3v) is 5.02. The van der Waals surface area contributed by atoms with Gasteiger partial charge in [0.15, 0.2) is 5.96 Å². The molecule has 1 rings (SSSR count). The molecule has 0 aliphatic heterocycles. The van der Waals surface area contributed by atoms with Gasteiger partial charge in [0.1, 0.15) is 17.8 Å². The van der Waals surface area contributed by atoms with Gasteiger partial charge in [-0.3, -0.25) is 24.6 Å². The molecule has 5 amide bonds. The Bertz CT molecular complexity index is 1060. The summed E-state index contributed by atoms with van der Waals surface area (Å²) >= 11 is 0. The fourth-order valence-corrected chi connectivity index (χ4v) is 3.15. The zero-order chi connectivity index (χ0) is 29.5. The molecule has 17 heteroatoms. The molecular weight excluding hydrogens is 518 g/mol. The standard InChI is InChI=1S/C22H33N9O8/c23-13(2-1-7-28-21(25)26)18(34)29-10-17(33)30-14(9-16(24)32)19(35)31-15(20(36)37)8-11-3-5-12(6-4-11)39-22(27)38/h3-6,13-15H,1-2,7-10,23H2,(H2,24,32)(H2,27,38)(H,29,34)(H,30,33)(H,31,35)(H,36,37)(H4,25,26,28)/t13-,14-,15-/m0/s1. The molecule has 3 atom stereocenters. The zero-order valence-electron chi connectivity index (χ0n) is 20.9. The Kier molecular flexibility index (Phi) is 13.2. The first-order valence-corrected chi connectivity index (χ1v) is 11.6. The van der Waals surface area contributed by atoms with Crippen LogP contribution in [0.3, 0.4) is 0 Å². The van der Waals surface area contributed by atoms with Crippen LogP contribution < -0.4 is 48.9 Å². The largest absolute Gasteiger partial charge is 0.480 e. The summed E-state index contributed by atoms with van der Waals surface area (Å²) < 4.78 is 4.69. The van der Waals surface area contributed by atoms with Crippen molar-refractivity contribution >= 4 is 41.7 Å². The highest BCUT2D eigenvalue weighted by molar-refractivity contribution is 5.95. The van der Waals surface area contributed by atoms with Gasteiger partial charge < -0.3 is 54.0 Å². The molecule has 0 saturated carbocycles. The van der Waals surface area contributed by atoms with Crippen LogP contribution in [0.1, 0.15) is 24.8 Å². The van der Waals surface area contributed by atoms with E-state index >= 15 is 0 Å². The maximum atomic E-state index is 12.7. The van der Waals surface area contributed by atoms with E-state index in [0.29, 0.717) is 18.5 Å². The number of benzene rings is 1. The van der Waals surface area contributed by atoms with Crippen LogP contribution in [-0.4, -0.2) is 78.0 Å². The SMILES string of the molecule is N=C(N)NCCC[C@H](N)C(=O)NCC(=O)N[C@@H](CC(N)=O)C(=O)N[C@@H](Cc1ccc(OC(N)=O)cc1)C(=O)O. The number of nitrogens with one attached hydrogen (secondary N) is 5. The monoisotopic (exact) mass is 551 g/mol. The molecule has 0 unspecified atom stereocenters. The lowest BCUT2D eigenvalue weighted by Crippen LogP contribution is -2.55. The van der Waals surface area contributed by atoms with Crippen LogP contribution in [0.2, 0.25) is 0 Å². The summed E-state index contributed by atoms with van der Waals surface area (Å²) in [5.41, 5.74) is 21.4. The molecule has 1 aromatic carbocycles. The van der Waals surface area contributed by atoms with Gasteiger partial charge in [-0.1, -0.05) is 12.1 Å². The number of carbonyl (C=O) groups excluding carboxylic acids is 5. The Morgan fingerprint density at radius 1 is 0.923 bits per heavy atom. The van der Waals surface area contributed by atoms with Gasteiger partial charge in [-0.2, -0.15) is 0 Å². The number of hydrogen-bond acceptors (Lipinski definition) is 9. The summed E-state index contributed by atoms with van der Waals surface area (Å²) in [4.78, 5) is 71.1. The third-order valence-electron chi connectivity index (χ3n) is 5.02. The van der Waals surface area contributed by atoms with E-state index in [1.165, 1.54) is 24.3 Å². The normalized spacial score (nSPS) is 12.6. The van der Waals surface area contributed by atoms with Crippen LogP contribution in [0, 0.1) is 5.41 Å². The second-order valence-corrected chi connectivity index (χ2v) is 8.27. The number of guanidine groups is 1. The first-order chi connectivity index (χ1) is 18.3. The third kappa shape index (κ3) is 13.3. The van der Waals surface area contributed by atoms with Crippen LogP contribution in [0.15, 0.2) is 24.3 Å². The lowest BCUT2D eigenvalue weighted by molar-refractivity contribution is -0.142. The molecule has 0 bridgehead atoms. The van der Waals surface area contributed by atoms with Gasteiger partial charge in [0.25, 0.3) is 0 Å². The van der Waals surface area contributed by atoms with Gasteiger partial charge in [-0.15, -0.1) is 0 Å². The molecule has 0 radical (unpaired) electrons. The Balaban J connectivity index is 2.71. The van der Waals surface area contributed by atoms with E-state index in [4.69, 9.17) is 33.1 Å². The van der Waals surface area contributed by atoms with Crippen LogP contribution in [0.5, 0.6) is 5.75 Å². The fraction of sp³-hybridized carbons (Fsp3) is 0.409. The lowest BCUT2D eigenvalue weighted by Gasteiger charge is -2.21. The maximum absolute atomic E-state index is 12.7. The van der Waals surface area contributed by atoms with Gasteiger partial charge in [0.2, 0.25) is 23.6 Å². The number of carboxylic acids is 1. The summed E-state index contributed by atoms with van der Waals surface area (Å²) in [7, 11) is 0. The van der Waals surface area contributed by atoms with Gasteiger partial charge in [0.05, 0.1) is 19.0 Å². The lowest BCUT2D eigenvalue weighted by atomic mass is 10.0. The van der Waals surface area contributed by atoms with Gasteiger partial charge >= 0.3 is 12.1 Å². The van der Waals surface area contributed by atoms with Crippen molar-refractivity contribution in [2.45, 2.75) is 43.8 Å². The molecule has 1 aromatic rings. The predicted octanol–water partition coefficient (Wildman–Crippen LogP) is -3.68. The molecule has 0 aromatic heterocycles. The summed E-state index contributed by atoms with van der Waals surface area (Å²) in [6.45, 7) is -0.254. The molecule has 214 valence electrons. The van der Waals surface area contributed by atoms with E-state index in [1.54, 1.807) is 0 Å². The van der Waals surface area contributed by atoms with Crippen molar-refractivity contribution < 1.29 is 38.6 Å². The van der Waals surface area contributed by atoms with Gasteiger partial charge in [-0.25, -0.2) is 9.59 Å². The predicted molar refractivity (Wildman–Crippen MR) is 136 cm³/mol. The summed E-state index contributed by atoms with van der Waals surface area (Å²) in [5.74, 6) is -4.94. The summed E-state index contributed by atoms with van der Waals surface area (Å²) in [6, 6.07) is 1.73. The average Bonchev–Trinajstić information content (AvgIpc) is 2.84. The summed E-state index contributed by atoms with van der Waals surface area (Å²) in [5, 5.41) is 25.9. The molecule has 0 spiro atoms. The molecule has 0 fully saturated rings. The molecule has 0 saturated heterocycles. The van der Waals surface area contributed by atoms with Crippen molar-refractivity contribution in [2.75, 3.05) is 13.1 Å². The van der Waals surface area contributed by atoms with E-state index in [1.807, 2.05) is 0 Å². The number of hydrogen-bond donors (Lipinski definition) is 10. The molecule has 39 heavy (non-hydrogen) atoms. The number of carboxylic acid groups (broad SMARTS) is 1. The van der Waals surface area contributed by atoms with Crippen LogP contribution in [-0.2, 0) is 30.4 Å². The van der Waals surface area contributed by atoms with E-state index in [0.717, 1.165) is 0 Å². The van der Waals surface area contributed by atoms with E-state index < -0.39 is 66.8 Å². The highest BCUT2D eigenvalue weighted by Crippen LogP contribution is 2.14. The van der Waals surface area contributed by atoms with Gasteiger partial charge in [0, 0.05) is 13.0 Å². The molecule has 14 N–H and O–H groups in total. The molecule has 0 aliphatic rings. The first-order valence-electron chi connectivity index (χ1n) is 11.6. The molecule has 0 aliphatic carbocycles. The second-order valence-electron chi connectivity index (χ2n) is 8.27. The molecule has 0 heterocycles. The number of ether oxygens (including phenoxy) is 1. The van der Waals surface area contributed by atoms with E-state index in [-0.39, 0.29) is 24.6 Å². The number of nitrogens with two attached hydrogens (primary N) is 4. The van der Waals surface area contributed by atoms with Crippen molar-refractivity contribution in [2.24, 2.45) is 22.9 Å². The Morgan fingerprint density at radius 2 is 1.56 bits per heavy atom. The minimum atomic E-state index is -1.52. The number of amides is 5.